The SMILES string of the molecule is CNCc1cc(OC2COC2)ncc1Cl. The van der Waals surface area contributed by atoms with Gasteiger partial charge in [-0.15, -0.1) is 0 Å². The minimum Gasteiger partial charge on any atom is -0.469 e. The third-order valence-corrected chi connectivity index (χ3v) is 2.51. The summed E-state index contributed by atoms with van der Waals surface area (Å²) in [6.07, 6.45) is 1.75. The fourth-order valence-corrected chi connectivity index (χ4v) is 1.47. The minimum atomic E-state index is 0.140. The molecule has 0 unspecified atom stereocenters. The summed E-state index contributed by atoms with van der Waals surface area (Å²) in [7, 11) is 1.87. The van der Waals surface area contributed by atoms with Crippen LogP contribution in [-0.4, -0.2) is 31.3 Å². The first-order valence-corrected chi connectivity index (χ1v) is 5.21. The molecule has 0 saturated carbocycles. The molecule has 1 aliphatic heterocycles. The van der Waals surface area contributed by atoms with Gasteiger partial charge in [0.2, 0.25) is 5.88 Å². The van der Waals surface area contributed by atoms with Crippen LogP contribution in [0.15, 0.2) is 12.3 Å². The maximum Gasteiger partial charge on any atom is 0.214 e. The molecule has 0 bridgehead atoms. The maximum absolute atomic E-state index is 5.98. The molecule has 0 aromatic carbocycles. The van der Waals surface area contributed by atoms with Gasteiger partial charge in [0.05, 0.1) is 18.2 Å². The average molecular weight is 229 g/mol. The molecule has 0 aliphatic carbocycles. The molecular weight excluding hydrogens is 216 g/mol. The first-order valence-electron chi connectivity index (χ1n) is 4.83. The molecule has 0 amide bonds. The number of pyridine rings is 1. The Morgan fingerprint density at radius 1 is 1.67 bits per heavy atom. The quantitative estimate of drug-likeness (QED) is 0.842. The predicted molar refractivity (Wildman–Crippen MR) is 57.2 cm³/mol. The van der Waals surface area contributed by atoms with Gasteiger partial charge in [-0.25, -0.2) is 4.98 Å². The van der Waals surface area contributed by atoms with Crippen molar-refractivity contribution in [2.75, 3.05) is 20.3 Å². The standard InChI is InChI=1S/C10H13ClN2O2/c1-12-3-7-2-10(13-4-9(7)11)15-8-5-14-6-8/h2,4,8,12H,3,5-6H2,1H3. The van der Waals surface area contributed by atoms with E-state index in [4.69, 9.17) is 21.1 Å². The third kappa shape index (κ3) is 2.59. The molecule has 5 heteroatoms. The summed E-state index contributed by atoms with van der Waals surface area (Å²) in [4.78, 5) is 4.11. The molecule has 1 saturated heterocycles. The number of hydrogen-bond donors (Lipinski definition) is 1. The third-order valence-electron chi connectivity index (χ3n) is 2.17. The molecule has 0 spiro atoms. The summed E-state index contributed by atoms with van der Waals surface area (Å²) in [5, 5.41) is 3.70. The van der Waals surface area contributed by atoms with Gasteiger partial charge in [-0.05, 0) is 12.6 Å². The largest absolute Gasteiger partial charge is 0.469 e. The number of rotatable bonds is 4. The van der Waals surface area contributed by atoms with Crippen LogP contribution >= 0.6 is 11.6 Å². The second kappa shape index (κ2) is 4.79. The monoisotopic (exact) mass is 228 g/mol. The molecule has 1 aromatic heterocycles. The van der Waals surface area contributed by atoms with Gasteiger partial charge in [-0.1, -0.05) is 11.6 Å². The van der Waals surface area contributed by atoms with Crippen molar-refractivity contribution >= 4 is 11.6 Å². The highest BCUT2D eigenvalue weighted by Crippen LogP contribution is 2.21. The molecule has 0 radical (unpaired) electrons. The lowest BCUT2D eigenvalue weighted by atomic mass is 10.2. The van der Waals surface area contributed by atoms with E-state index in [9.17, 15) is 0 Å². The Morgan fingerprint density at radius 2 is 2.47 bits per heavy atom. The van der Waals surface area contributed by atoms with Crippen molar-refractivity contribution in [2.24, 2.45) is 0 Å². The lowest BCUT2D eigenvalue weighted by Gasteiger charge is -2.26. The Labute approximate surface area is 93.6 Å². The van der Waals surface area contributed by atoms with E-state index in [1.54, 1.807) is 6.20 Å². The first kappa shape index (κ1) is 10.7. The number of hydrogen-bond acceptors (Lipinski definition) is 4. The first-order chi connectivity index (χ1) is 7.29. The Bertz CT molecular complexity index is 342. The summed E-state index contributed by atoms with van der Waals surface area (Å²) in [6.45, 7) is 2.00. The zero-order chi connectivity index (χ0) is 10.7. The summed E-state index contributed by atoms with van der Waals surface area (Å²) in [5.74, 6) is 0.609. The van der Waals surface area contributed by atoms with Crippen molar-refractivity contribution in [1.82, 2.24) is 10.3 Å². The van der Waals surface area contributed by atoms with Crippen molar-refractivity contribution in [3.8, 4) is 5.88 Å². The normalized spacial score (nSPS) is 16.1. The van der Waals surface area contributed by atoms with E-state index in [2.05, 4.69) is 10.3 Å². The highest BCUT2D eigenvalue weighted by atomic mass is 35.5. The van der Waals surface area contributed by atoms with Gasteiger partial charge >= 0.3 is 0 Å². The Morgan fingerprint density at radius 3 is 3.07 bits per heavy atom. The van der Waals surface area contributed by atoms with Crippen molar-refractivity contribution in [2.45, 2.75) is 12.6 Å². The number of ether oxygens (including phenoxy) is 2. The van der Waals surface area contributed by atoms with Crippen molar-refractivity contribution < 1.29 is 9.47 Å². The van der Waals surface area contributed by atoms with Crippen LogP contribution in [0.1, 0.15) is 5.56 Å². The van der Waals surface area contributed by atoms with Crippen molar-refractivity contribution in [3.05, 3.63) is 22.8 Å². The molecule has 1 aromatic rings. The molecular formula is C10H13ClN2O2. The van der Waals surface area contributed by atoms with E-state index in [0.717, 1.165) is 5.56 Å². The summed E-state index contributed by atoms with van der Waals surface area (Å²) in [5.41, 5.74) is 0.990. The summed E-state index contributed by atoms with van der Waals surface area (Å²) in [6, 6.07) is 1.86. The zero-order valence-electron chi connectivity index (χ0n) is 8.50. The summed E-state index contributed by atoms with van der Waals surface area (Å²) >= 11 is 5.98. The number of nitrogens with zero attached hydrogens (tertiary/aromatic N) is 1. The highest BCUT2D eigenvalue weighted by molar-refractivity contribution is 6.31. The van der Waals surface area contributed by atoms with Gasteiger partial charge in [-0.3, -0.25) is 0 Å². The van der Waals surface area contributed by atoms with E-state index in [1.807, 2.05) is 13.1 Å². The van der Waals surface area contributed by atoms with Gasteiger partial charge in [0, 0.05) is 18.8 Å². The molecule has 4 nitrogen and oxygen atoms in total. The van der Waals surface area contributed by atoms with E-state index >= 15 is 0 Å². The predicted octanol–water partition coefficient (Wildman–Crippen LogP) is 1.23. The molecule has 1 N–H and O–H groups in total. The molecule has 15 heavy (non-hydrogen) atoms. The van der Waals surface area contributed by atoms with Gasteiger partial charge in [0.25, 0.3) is 0 Å². The fraction of sp³-hybridized carbons (Fsp3) is 0.500. The topological polar surface area (TPSA) is 43.4 Å². The molecule has 1 fully saturated rings. The molecule has 1 aliphatic rings. The average Bonchev–Trinajstić information content (AvgIpc) is 2.17. The van der Waals surface area contributed by atoms with Crippen LogP contribution in [-0.2, 0) is 11.3 Å². The van der Waals surface area contributed by atoms with E-state index in [0.29, 0.717) is 30.7 Å². The van der Waals surface area contributed by atoms with Gasteiger partial charge in [-0.2, -0.15) is 0 Å². The van der Waals surface area contributed by atoms with Crippen LogP contribution in [0.5, 0.6) is 5.88 Å². The van der Waals surface area contributed by atoms with Crippen LogP contribution in [0, 0.1) is 0 Å². The number of nitrogens with one attached hydrogen (secondary N) is 1. The van der Waals surface area contributed by atoms with E-state index in [-0.39, 0.29) is 6.10 Å². The summed E-state index contributed by atoms with van der Waals surface area (Å²) < 4.78 is 10.6. The Hall–Kier alpha value is -0.840. The van der Waals surface area contributed by atoms with Gasteiger partial charge < -0.3 is 14.8 Å². The van der Waals surface area contributed by atoms with Crippen molar-refractivity contribution in [1.29, 1.82) is 0 Å². The van der Waals surface area contributed by atoms with Gasteiger partial charge in [0.1, 0.15) is 6.10 Å². The highest BCUT2D eigenvalue weighted by Gasteiger charge is 2.20. The smallest absolute Gasteiger partial charge is 0.214 e. The number of halogens is 1. The second-order valence-electron chi connectivity index (χ2n) is 3.42. The lowest BCUT2D eigenvalue weighted by molar-refractivity contribution is -0.0813. The zero-order valence-corrected chi connectivity index (χ0v) is 9.25. The Balaban J connectivity index is 2.06. The van der Waals surface area contributed by atoms with Gasteiger partial charge in [0.15, 0.2) is 0 Å². The van der Waals surface area contributed by atoms with E-state index < -0.39 is 0 Å². The second-order valence-corrected chi connectivity index (χ2v) is 3.83. The van der Waals surface area contributed by atoms with Crippen LogP contribution in [0.25, 0.3) is 0 Å². The molecule has 0 atom stereocenters. The molecule has 2 heterocycles. The minimum absolute atomic E-state index is 0.140. The van der Waals surface area contributed by atoms with Crippen LogP contribution in [0.4, 0.5) is 0 Å². The molecule has 2 rings (SSSR count). The van der Waals surface area contributed by atoms with E-state index in [1.165, 1.54) is 0 Å². The van der Waals surface area contributed by atoms with Crippen molar-refractivity contribution in [3.63, 3.8) is 0 Å². The number of aromatic nitrogens is 1. The lowest BCUT2D eigenvalue weighted by Crippen LogP contribution is -2.38. The van der Waals surface area contributed by atoms with Crippen LogP contribution in [0.2, 0.25) is 5.02 Å². The van der Waals surface area contributed by atoms with Crippen LogP contribution < -0.4 is 10.1 Å². The maximum atomic E-state index is 5.98. The Kier molecular flexibility index (Phi) is 3.41. The molecule has 82 valence electrons. The fourth-order valence-electron chi connectivity index (χ4n) is 1.30. The van der Waals surface area contributed by atoms with Crippen LogP contribution in [0.3, 0.4) is 0 Å².